The van der Waals surface area contributed by atoms with Crippen LogP contribution in [0.5, 0.6) is 0 Å². The molecule has 0 saturated heterocycles. The standard InChI is InChI=1S/C14H18N4/c1-3-11-6-4-5-7-12(11)9-16-14-8-13(15-2)17-10-18-14/h4-8,10H,3,9H2,1-2H3,(H2,15,16,17,18). The fourth-order valence-electron chi connectivity index (χ4n) is 1.85. The summed E-state index contributed by atoms with van der Waals surface area (Å²) in [6.07, 6.45) is 2.60. The van der Waals surface area contributed by atoms with E-state index in [2.05, 4.69) is 51.8 Å². The van der Waals surface area contributed by atoms with E-state index in [1.165, 1.54) is 11.1 Å². The van der Waals surface area contributed by atoms with Gasteiger partial charge in [0.15, 0.2) is 0 Å². The summed E-state index contributed by atoms with van der Waals surface area (Å²) >= 11 is 0. The number of benzene rings is 1. The lowest BCUT2D eigenvalue weighted by Crippen LogP contribution is -2.05. The first kappa shape index (κ1) is 12.4. The van der Waals surface area contributed by atoms with Crippen LogP contribution in [0.3, 0.4) is 0 Å². The SMILES string of the molecule is CCc1ccccc1CNc1cc(NC)ncn1. The van der Waals surface area contributed by atoms with Crippen LogP contribution in [-0.4, -0.2) is 17.0 Å². The molecule has 0 unspecified atom stereocenters. The maximum absolute atomic E-state index is 4.20. The number of anilines is 2. The minimum Gasteiger partial charge on any atom is -0.373 e. The zero-order chi connectivity index (χ0) is 12.8. The second kappa shape index (κ2) is 6.00. The third-order valence-electron chi connectivity index (χ3n) is 2.88. The van der Waals surface area contributed by atoms with Gasteiger partial charge < -0.3 is 10.6 Å². The molecular weight excluding hydrogens is 224 g/mol. The van der Waals surface area contributed by atoms with Gasteiger partial charge in [-0.15, -0.1) is 0 Å². The third kappa shape index (κ3) is 2.97. The summed E-state index contributed by atoms with van der Waals surface area (Å²) in [5.74, 6) is 1.65. The van der Waals surface area contributed by atoms with Gasteiger partial charge >= 0.3 is 0 Å². The number of nitrogens with zero attached hydrogens (tertiary/aromatic N) is 2. The Bertz CT molecular complexity index is 511. The van der Waals surface area contributed by atoms with Gasteiger partial charge in [-0.2, -0.15) is 0 Å². The van der Waals surface area contributed by atoms with Gasteiger partial charge in [0.25, 0.3) is 0 Å². The highest BCUT2D eigenvalue weighted by Crippen LogP contribution is 2.13. The van der Waals surface area contributed by atoms with Gasteiger partial charge in [0.05, 0.1) is 0 Å². The monoisotopic (exact) mass is 242 g/mol. The number of hydrogen-bond acceptors (Lipinski definition) is 4. The first-order valence-corrected chi connectivity index (χ1v) is 6.14. The molecular formula is C14H18N4. The van der Waals surface area contributed by atoms with E-state index in [1.807, 2.05) is 13.1 Å². The molecule has 2 aromatic rings. The first-order chi connectivity index (χ1) is 8.83. The summed E-state index contributed by atoms with van der Waals surface area (Å²) in [5, 5.41) is 6.32. The van der Waals surface area contributed by atoms with Crippen molar-refractivity contribution in [2.75, 3.05) is 17.7 Å². The maximum atomic E-state index is 4.20. The predicted octanol–water partition coefficient (Wildman–Crippen LogP) is 2.69. The van der Waals surface area contributed by atoms with Crippen LogP contribution in [0.2, 0.25) is 0 Å². The van der Waals surface area contributed by atoms with Gasteiger partial charge in [0.2, 0.25) is 0 Å². The van der Waals surface area contributed by atoms with Crippen LogP contribution >= 0.6 is 0 Å². The average molecular weight is 242 g/mol. The normalized spacial score (nSPS) is 10.1. The Kier molecular flexibility index (Phi) is 4.12. The van der Waals surface area contributed by atoms with Gasteiger partial charge in [0.1, 0.15) is 18.0 Å². The van der Waals surface area contributed by atoms with Gasteiger partial charge in [0, 0.05) is 19.7 Å². The molecule has 2 N–H and O–H groups in total. The van der Waals surface area contributed by atoms with E-state index in [0.29, 0.717) is 0 Å². The Morgan fingerprint density at radius 2 is 1.78 bits per heavy atom. The fourth-order valence-corrected chi connectivity index (χ4v) is 1.85. The van der Waals surface area contributed by atoms with Crippen LogP contribution in [0.4, 0.5) is 11.6 Å². The van der Waals surface area contributed by atoms with Gasteiger partial charge in [-0.05, 0) is 17.5 Å². The number of hydrogen-bond donors (Lipinski definition) is 2. The summed E-state index contributed by atoms with van der Waals surface area (Å²) in [6.45, 7) is 2.95. The first-order valence-electron chi connectivity index (χ1n) is 6.14. The minimum absolute atomic E-state index is 0.782. The molecule has 0 fully saturated rings. The molecule has 2 rings (SSSR count). The quantitative estimate of drug-likeness (QED) is 0.846. The molecule has 1 aromatic heterocycles. The lowest BCUT2D eigenvalue weighted by atomic mass is 10.1. The van der Waals surface area contributed by atoms with E-state index in [0.717, 1.165) is 24.6 Å². The molecule has 1 aromatic carbocycles. The lowest BCUT2D eigenvalue weighted by Gasteiger charge is -2.10. The number of aryl methyl sites for hydroxylation is 1. The molecule has 0 aliphatic rings. The van der Waals surface area contributed by atoms with E-state index in [1.54, 1.807) is 6.33 Å². The molecule has 4 heteroatoms. The Labute approximate surface area is 107 Å². The van der Waals surface area contributed by atoms with Crippen molar-refractivity contribution in [3.63, 3.8) is 0 Å². The van der Waals surface area contributed by atoms with Crippen LogP contribution in [0, 0.1) is 0 Å². The van der Waals surface area contributed by atoms with Crippen molar-refractivity contribution in [1.82, 2.24) is 9.97 Å². The van der Waals surface area contributed by atoms with Crippen LogP contribution in [-0.2, 0) is 13.0 Å². The van der Waals surface area contributed by atoms with E-state index in [4.69, 9.17) is 0 Å². The van der Waals surface area contributed by atoms with Crippen molar-refractivity contribution < 1.29 is 0 Å². The topological polar surface area (TPSA) is 49.8 Å². The molecule has 18 heavy (non-hydrogen) atoms. The highest BCUT2D eigenvalue weighted by molar-refractivity contribution is 5.46. The van der Waals surface area contributed by atoms with Gasteiger partial charge in [-0.1, -0.05) is 31.2 Å². The summed E-state index contributed by atoms with van der Waals surface area (Å²) in [4.78, 5) is 8.28. The van der Waals surface area contributed by atoms with E-state index < -0.39 is 0 Å². The van der Waals surface area contributed by atoms with Crippen molar-refractivity contribution in [2.24, 2.45) is 0 Å². The molecule has 0 amide bonds. The Morgan fingerprint density at radius 3 is 2.50 bits per heavy atom. The molecule has 0 aliphatic carbocycles. The summed E-state index contributed by atoms with van der Waals surface area (Å²) in [5.41, 5.74) is 2.68. The lowest BCUT2D eigenvalue weighted by molar-refractivity contribution is 1.03. The van der Waals surface area contributed by atoms with Crippen molar-refractivity contribution in [2.45, 2.75) is 19.9 Å². The minimum atomic E-state index is 0.782. The Morgan fingerprint density at radius 1 is 1.06 bits per heavy atom. The fraction of sp³-hybridized carbons (Fsp3) is 0.286. The zero-order valence-electron chi connectivity index (χ0n) is 10.8. The Balaban J connectivity index is 2.06. The number of rotatable bonds is 5. The summed E-state index contributed by atoms with van der Waals surface area (Å²) in [6, 6.07) is 10.3. The highest BCUT2D eigenvalue weighted by atomic mass is 15.0. The van der Waals surface area contributed by atoms with Crippen molar-refractivity contribution in [3.8, 4) is 0 Å². The predicted molar refractivity (Wildman–Crippen MR) is 74.7 cm³/mol. The van der Waals surface area contributed by atoms with Crippen molar-refractivity contribution >= 4 is 11.6 Å². The second-order valence-corrected chi connectivity index (χ2v) is 4.01. The largest absolute Gasteiger partial charge is 0.373 e. The van der Waals surface area contributed by atoms with E-state index in [9.17, 15) is 0 Å². The Hall–Kier alpha value is -2.10. The van der Waals surface area contributed by atoms with Gasteiger partial charge in [-0.3, -0.25) is 0 Å². The number of aromatic nitrogens is 2. The maximum Gasteiger partial charge on any atom is 0.131 e. The third-order valence-corrected chi connectivity index (χ3v) is 2.88. The van der Waals surface area contributed by atoms with Gasteiger partial charge in [-0.25, -0.2) is 9.97 Å². The summed E-state index contributed by atoms with van der Waals surface area (Å²) < 4.78 is 0. The van der Waals surface area contributed by atoms with Crippen LogP contribution in [0.15, 0.2) is 36.7 Å². The summed E-state index contributed by atoms with van der Waals surface area (Å²) in [7, 11) is 1.85. The van der Waals surface area contributed by atoms with Crippen LogP contribution in [0.1, 0.15) is 18.1 Å². The van der Waals surface area contributed by atoms with Crippen LogP contribution in [0.25, 0.3) is 0 Å². The molecule has 0 bridgehead atoms. The highest BCUT2D eigenvalue weighted by Gasteiger charge is 2.01. The molecule has 94 valence electrons. The molecule has 0 radical (unpaired) electrons. The molecule has 0 atom stereocenters. The number of nitrogens with one attached hydrogen (secondary N) is 2. The average Bonchev–Trinajstić information content (AvgIpc) is 2.45. The van der Waals surface area contributed by atoms with Crippen molar-refractivity contribution in [1.29, 1.82) is 0 Å². The van der Waals surface area contributed by atoms with Crippen LogP contribution < -0.4 is 10.6 Å². The molecule has 0 spiro atoms. The van der Waals surface area contributed by atoms with E-state index >= 15 is 0 Å². The molecule has 1 heterocycles. The second-order valence-electron chi connectivity index (χ2n) is 4.01. The van der Waals surface area contributed by atoms with Crippen molar-refractivity contribution in [3.05, 3.63) is 47.8 Å². The zero-order valence-corrected chi connectivity index (χ0v) is 10.8. The van der Waals surface area contributed by atoms with E-state index in [-0.39, 0.29) is 0 Å². The molecule has 4 nitrogen and oxygen atoms in total. The molecule has 0 aliphatic heterocycles. The smallest absolute Gasteiger partial charge is 0.131 e. The molecule has 0 saturated carbocycles.